The summed E-state index contributed by atoms with van der Waals surface area (Å²) < 4.78 is 5.25. The Morgan fingerprint density at radius 2 is 2.28 bits per heavy atom. The number of carbonyl (C=O) groups excluding carboxylic acids is 1. The number of carboxylic acid groups (broad SMARTS) is 1. The zero-order valence-electron chi connectivity index (χ0n) is 9.66. The average molecular weight is 248 g/mol. The minimum atomic E-state index is -1.17. The number of carbonyl (C=O) groups is 2. The van der Waals surface area contributed by atoms with E-state index in [1.807, 2.05) is 13.0 Å². The molecule has 2 heterocycles. The second-order valence-corrected chi connectivity index (χ2v) is 3.80. The summed E-state index contributed by atoms with van der Waals surface area (Å²) >= 11 is 0. The predicted octanol–water partition coefficient (Wildman–Crippen LogP) is 1.21. The average Bonchev–Trinajstić information content (AvgIpc) is 2.93. The van der Waals surface area contributed by atoms with E-state index in [-0.39, 0.29) is 6.04 Å². The van der Waals surface area contributed by atoms with Crippen LogP contribution in [0.15, 0.2) is 46.7 Å². The molecule has 1 aromatic rings. The molecule has 1 aliphatic heterocycles. The first kappa shape index (κ1) is 12.0. The van der Waals surface area contributed by atoms with Crippen LogP contribution in [0.5, 0.6) is 0 Å². The Kier molecular flexibility index (Phi) is 3.18. The van der Waals surface area contributed by atoms with E-state index in [1.165, 1.54) is 11.3 Å². The second kappa shape index (κ2) is 4.79. The minimum absolute atomic E-state index is 0.369. The fourth-order valence-electron chi connectivity index (χ4n) is 1.69. The van der Waals surface area contributed by atoms with Crippen molar-refractivity contribution in [3.05, 3.63) is 48.1 Å². The van der Waals surface area contributed by atoms with E-state index in [1.54, 1.807) is 12.1 Å². The molecule has 94 valence electrons. The van der Waals surface area contributed by atoms with Crippen molar-refractivity contribution in [3.8, 4) is 0 Å². The van der Waals surface area contributed by atoms with Gasteiger partial charge < -0.3 is 9.52 Å². The van der Waals surface area contributed by atoms with Crippen LogP contribution in [0, 0.1) is 0 Å². The van der Waals surface area contributed by atoms with Crippen LogP contribution in [0.1, 0.15) is 18.7 Å². The van der Waals surface area contributed by atoms with Gasteiger partial charge in [-0.05, 0) is 25.1 Å². The van der Waals surface area contributed by atoms with Crippen LogP contribution in [0.2, 0.25) is 0 Å². The van der Waals surface area contributed by atoms with E-state index in [9.17, 15) is 9.59 Å². The van der Waals surface area contributed by atoms with Gasteiger partial charge in [-0.25, -0.2) is 9.80 Å². The minimum Gasteiger partial charge on any atom is -0.478 e. The fourth-order valence-corrected chi connectivity index (χ4v) is 1.69. The summed E-state index contributed by atoms with van der Waals surface area (Å²) in [5.41, 5.74) is 3.66. The summed E-state index contributed by atoms with van der Waals surface area (Å²) in [5.74, 6) is -1.01. The molecule has 0 bridgehead atoms. The molecular weight excluding hydrogens is 236 g/mol. The first-order valence-electron chi connectivity index (χ1n) is 5.30. The Morgan fingerprint density at radius 3 is 2.89 bits per heavy atom. The lowest BCUT2D eigenvalue weighted by Gasteiger charge is -2.21. The number of carboxylic acids is 1. The number of aliphatic carboxylic acids is 1. The van der Waals surface area contributed by atoms with Gasteiger partial charge in [0.15, 0.2) is 0 Å². The Labute approximate surface area is 103 Å². The molecule has 1 aromatic heterocycles. The highest BCUT2D eigenvalue weighted by Crippen LogP contribution is 2.27. The van der Waals surface area contributed by atoms with E-state index in [0.29, 0.717) is 5.76 Å². The van der Waals surface area contributed by atoms with Crippen molar-refractivity contribution < 1.29 is 19.1 Å². The number of hydrazine groups is 1. The van der Waals surface area contributed by atoms with Crippen LogP contribution in [0.25, 0.3) is 0 Å². The van der Waals surface area contributed by atoms with Gasteiger partial charge in [0, 0.05) is 17.8 Å². The quantitative estimate of drug-likeness (QED) is 0.786. The number of allylic oxidation sites excluding steroid dienone is 1. The molecule has 6 heteroatoms. The zero-order valence-corrected chi connectivity index (χ0v) is 9.66. The first-order valence-corrected chi connectivity index (χ1v) is 5.30. The van der Waals surface area contributed by atoms with Crippen molar-refractivity contribution in [2.24, 2.45) is 0 Å². The SMILES string of the molecule is CC1=C[C@@H](c2ccco2)N(C(=O)C=CC(=O)O)N1. The van der Waals surface area contributed by atoms with Crippen molar-refractivity contribution >= 4 is 11.9 Å². The summed E-state index contributed by atoms with van der Waals surface area (Å²) in [6.45, 7) is 1.81. The highest BCUT2D eigenvalue weighted by molar-refractivity contribution is 5.94. The number of rotatable bonds is 3. The van der Waals surface area contributed by atoms with Gasteiger partial charge in [-0.1, -0.05) is 0 Å². The lowest BCUT2D eigenvalue weighted by Crippen LogP contribution is -2.38. The van der Waals surface area contributed by atoms with Crippen LogP contribution in [-0.4, -0.2) is 22.0 Å². The Balaban J connectivity index is 2.18. The standard InChI is InChI=1S/C12H12N2O4/c1-8-7-9(10-3-2-6-18-10)14(13-8)11(15)4-5-12(16)17/h2-7,9,13H,1H3,(H,16,17)/t9-/m0/s1. The van der Waals surface area contributed by atoms with Gasteiger partial charge in [0.25, 0.3) is 5.91 Å². The van der Waals surface area contributed by atoms with E-state index in [2.05, 4.69) is 5.43 Å². The van der Waals surface area contributed by atoms with Gasteiger partial charge in [-0.2, -0.15) is 0 Å². The smallest absolute Gasteiger partial charge is 0.328 e. The molecule has 2 N–H and O–H groups in total. The largest absolute Gasteiger partial charge is 0.478 e. The normalized spacial score (nSPS) is 18.8. The van der Waals surface area contributed by atoms with Gasteiger partial charge in [0.05, 0.1) is 6.26 Å². The summed E-state index contributed by atoms with van der Waals surface area (Å²) in [5, 5.41) is 9.81. The molecule has 0 saturated carbocycles. The fraction of sp³-hybridized carbons (Fsp3) is 0.167. The molecule has 0 aliphatic carbocycles. The second-order valence-electron chi connectivity index (χ2n) is 3.80. The lowest BCUT2D eigenvalue weighted by atomic mass is 10.2. The van der Waals surface area contributed by atoms with Crippen molar-refractivity contribution in [1.82, 2.24) is 10.4 Å². The molecule has 1 amide bonds. The molecule has 1 atom stereocenters. The molecule has 0 aromatic carbocycles. The van der Waals surface area contributed by atoms with Crippen LogP contribution in [0.4, 0.5) is 0 Å². The summed E-state index contributed by atoms with van der Waals surface area (Å²) in [6.07, 6.45) is 5.15. The summed E-state index contributed by atoms with van der Waals surface area (Å²) in [6, 6.07) is 3.11. The monoisotopic (exact) mass is 248 g/mol. The molecule has 0 saturated heterocycles. The molecular formula is C12H12N2O4. The first-order chi connectivity index (χ1) is 8.58. The number of nitrogens with one attached hydrogen (secondary N) is 1. The van der Waals surface area contributed by atoms with Crippen molar-refractivity contribution in [2.75, 3.05) is 0 Å². The highest BCUT2D eigenvalue weighted by Gasteiger charge is 2.29. The Morgan fingerprint density at radius 1 is 1.50 bits per heavy atom. The Bertz CT molecular complexity index is 516. The number of hydrogen-bond acceptors (Lipinski definition) is 4. The predicted molar refractivity (Wildman–Crippen MR) is 62.0 cm³/mol. The molecule has 2 rings (SSSR count). The molecule has 0 spiro atoms. The maximum Gasteiger partial charge on any atom is 0.328 e. The van der Waals surface area contributed by atoms with Crippen LogP contribution < -0.4 is 5.43 Å². The van der Waals surface area contributed by atoms with Crippen molar-refractivity contribution in [2.45, 2.75) is 13.0 Å². The van der Waals surface area contributed by atoms with Crippen molar-refractivity contribution in [3.63, 3.8) is 0 Å². The van der Waals surface area contributed by atoms with Crippen LogP contribution >= 0.6 is 0 Å². The van der Waals surface area contributed by atoms with Crippen molar-refractivity contribution in [1.29, 1.82) is 0 Å². The lowest BCUT2D eigenvalue weighted by molar-refractivity contribution is -0.133. The molecule has 0 radical (unpaired) electrons. The highest BCUT2D eigenvalue weighted by atomic mass is 16.4. The molecule has 0 fully saturated rings. The summed E-state index contributed by atoms with van der Waals surface area (Å²) in [4.78, 5) is 22.2. The number of hydrogen-bond donors (Lipinski definition) is 2. The molecule has 6 nitrogen and oxygen atoms in total. The van der Waals surface area contributed by atoms with E-state index in [0.717, 1.165) is 17.8 Å². The van der Waals surface area contributed by atoms with Crippen LogP contribution in [0.3, 0.4) is 0 Å². The van der Waals surface area contributed by atoms with Gasteiger partial charge in [0.2, 0.25) is 0 Å². The third-order valence-corrected chi connectivity index (χ3v) is 2.42. The summed E-state index contributed by atoms with van der Waals surface area (Å²) in [7, 11) is 0. The van der Waals surface area contributed by atoms with E-state index in [4.69, 9.17) is 9.52 Å². The van der Waals surface area contributed by atoms with Gasteiger partial charge in [-0.15, -0.1) is 0 Å². The molecule has 18 heavy (non-hydrogen) atoms. The maximum absolute atomic E-state index is 11.8. The number of furan rings is 1. The number of nitrogens with zero attached hydrogens (tertiary/aromatic N) is 1. The Hall–Kier alpha value is -2.50. The van der Waals surface area contributed by atoms with E-state index >= 15 is 0 Å². The topological polar surface area (TPSA) is 82.8 Å². The zero-order chi connectivity index (χ0) is 13.1. The van der Waals surface area contributed by atoms with Gasteiger partial charge >= 0.3 is 5.97 Å². The maximum atomic E-state index is 11.8. The van der Waals surface area contributed by atoms with Gasteiger partial charge in [-0.3, -0.25) is 10.2 Å². The third kappa shape index (κ3) is 2.42. The molecule has 0 unspecified atom stereocenters. The van der Waals surface area contributed by atoms with Crippen LogP contribution in [-0.2, 0) is 9.59 Å². The molecule has 1 aliphatic rings. The third-order valence-electron chi connectivity index (χ3n) is 2.42. The van der Waals surface area contributed by atoms with Gasteiger partial charge in [0.1, 0.15) is 11.8 Å². The number of amides is 1. The van der Waals surface area contributed by atoms with E-state index < -0.39 is 11.9 Å².